The molecule has 2 N–H and O–H groups in total. The van der Waals surface area contributed by atoms with Crippen molar-refractivity contribution in [3.8, 4) is 0 Å². The largest absolute Gasteiger partial charge is 0.399 e. The Hall–Kier alpha value is -1.64. The van der Waals surface area contributed by atoms with Crippen LogP contribution in [0.25, 0.3) is 0 Å². The predicted molar refractivity (Wildman–Crippen MR) is 57.5 cm³/mol. The molecule has 1 saturated carbocycles. The van der Waals surface area contributed by atoms with Gasteiger partial charge < -0.3 is 5.73 Å². The third-order valence-corrected chi connectivity index (χ3v) is 2.58. The summed E-state index contributed by atoms with van der Waals surface area (Å²) in [4.78, 5) is 23.1. The molecule has 3 nitrogen and oxygen atoms in total. The van der Waals surface area contributed by atoms with Crippen LogP contribution in [-0.2, 0) is 4.79 Å². The summed E-state index contributed by atoms with van der Waals surface area (Å²) in [5.74, 6) is 0.0941. The van der Waals surface area contributed by atoms with Crippen LogP contribution in [0.2, 0.25) is 0 Å². The Balaban J connectivity index is 2.03. The quantitative estimate of drug-likeness (QED) is 0.461. The average molecular weight is 203 g/mol. The van der Waals surface area contributed by atoms with Crippen molar-refractivity contribution in [2.45, 2.75) is 19.3 Å². The van der Waals surface area contributed by atoms with Crippen LogP contribution in [-0.4, -0.2) is 11.6 Å². The molecule has 0 unspecified atom stereocenters. The Kier molecular flexibility index (Phi) is 2.54. The Morgan fingerprint density at radius 1 is 1.33 bits per heavy atom. The van der Waals surface area contributed by atoms with E-state index in [0.717, 1.165) is 12.8 Å². The monoisotopic (exact) mass is 203 g/mol. The van der Waals surface area contributed by atoms with E-state index in [1.807, 2.05) is 0 Å². The van der Waals surface area contributed by atoms with Gasteiger partial charge >= 0.3 is 0 Å². The van der Waals surface area contributed by atoms with Crippen molar-refractivity contribution >= 4 is 17.3 Å². The summed E-state index contributed by atoms with van der Waals surface area (Å²) in [7, 11) is 0. The van der Waals surface area contributed by atoms with Gasteiger partial charge in [0.25, 0.3) is 0 Å². The van der Waals surface area contributed by atoms with Crippen LogP contribution in [0.3, 0.4) is 0 Å². The predicted octanol–water partition coefficient (Wildman–Crippen LogP) is 1.82. The molecule has 0 amide bonds. The molecule has 1 aliphatic rings. The molecule has 1 fully saturated rings. The number of hydrogen-bond acceptors (Lipinski definition) is 3. The van der Waals surface area contributed by atoms with Gasteiger partial charge in [-0.05, 0) is 25.0 Å². The number of carbonyl (C=O) groups excluding carboxylic acids is 2. The fraction of sp³-hybridized carbons (Fsp3) is 0.333. The molecule has 0 saturated heterocycles. The molecule has 1 aliphatic carbocycles. The van der Waals surface area contributed by atoms with Gasteiger partial charge in [-0.2, -0.15) is 0 Å². The first-order chi connectivity index (χ1) is 7.16. The van der Waals surface area contributed by atoms with Crippen LogP contribution in [0.4, 0.5) is 5.69 Å². The number of Topliss-reactive ketones (excluding diaryl/α,β-unsaturated/α-hetero) is 2. The number of nitrogen functional groups attached to an aromatic ring is 1. The van der Waals surface area contributed by atoms with Crippen molar-refractivity contribution in [2.24, 2.45) is 5.92 Å². The van der Waals surface area contributed by atoms with Crippen LogP contribution in [0.5, 0.6) is 0 Å². The highest BCUT2D eigenvalue weighted by Crippen LogP contribution is 2.31. The normalized spacial score (nSPS) is 14.9. The van der Waals surface area contributed by atoms with Crippen LogP contribution in [0.1, 0.15) is 29.6 Å². The lowest BCUT2D eigenvalue weighted by atomic mass is 10.0. The Morgan fingerprint density at radius 3 is 2.67 bits per heavy atom. The minimum atomic E-state index is -0.126. The van der Waals surface area contributed by atoms with Gasteiger partial charge in [0.05, 0.1) is 6.42 Å². The highest BCUT2D eigenvalue weighted by molar-refractivity contribution is 6.09. The molecule has 0 aromatic heterocycles. The molecular formula is C12H13NO2. The zero-order chi connectivity index (χ0) is 10.8. The van der Waals surface area contributed by atoms with E-state index in [9.17, 15) is 9.59 Å². The highest BCUT2D eigenvalue weighted by atomic mass is 16.1. The Bertz CT molecular complexity index is 408. The van der Waals surface area contributed by atoms with E-state index in [0.29, 0.717) is 11.3 Å². The van der Waals surface area contributed by atoms with Crippen molar-refractivity contribution in [3.63, 3.8) is 0 Å². The van der Waals surface area contributed by atoms with E-state index >= 15 is 0 Å². The lowest BCUT2D eigenvalue weighted by Gasteiger charge is -2.00. The number of ketones is 2. The maximum Gasteiger partial charge on any atom is 0.170 e. The lowest BCUT2D eigenvalue weighted by Crippen LogP contribution is -2.09. The fourth-order valence-corrected chi connectivity index (χ4v) is 1.52. The van der Waals surface area contributed by atoms with E-state index in [1.165, 1.54) is 0 Å². The first kappa shape index (κ1) is 9.90. The molecule has 0 aliphatic heterocycles. The molecular weight excluding hydrogens is 190 g/mol. The zero-order valence-electron chi connectivity index (χ0n) is 8.40. The van der Waals surface area contributed by atoms with Crippen LogP contribution in [0.15, 0.2) is 24.3 Å². The number of carbonyl (C=O) groups is 2. The summed E-state index contributed by atoms with van der Waals surface area (Å²) in [5.41, 5.74) is 6.65. The molecule has 0 bridgehead atoms. The number of nitrogens with two attached hydrogens (primary N) is 1. The van der Waals surface area contributed by atoms with Crippen LogP contribution >= 0.6 is 0 Å². The van der Waals surface area contributed by atoms with E-state index in [4.69, 9.17) is 5.73 Å². The van der Waals surface area contributed by atoms with E-state index < -0.39 is 0 Å². The molecule has 0 heterocycles. The van der Waals surface area contributed by atoms with Crippen LogP contribution in [0, 0.1) is 5.92 Å². The molecule has 1 aromatic carbocycles. The average Bonchev–Trinajstić information content (AvgIpc) is 3.00. The fourth-order valence-electron chi connectivity index (χ4n) is 1.52. The molecule has 2 rings (SSSR count). The number of benzene rings is 1. The van der Waals surface area contributed by atoms with Crippen molar-refractivity contribution in [2.75, 3.05) is 5.73 Å². The second kappa shape index (κ2) is 3.85. The van der Waals surface area contributed by atoms with Gasteiger partial charge in [0.2, 0.25) is 0 Å². The van der Waals surface area contributed by atoms with Crippen molar-refractivity contribution in [1.82, 2.24) is 0 Å². The smallest absolute Gasteiger partial charge is 0.170 e. The van der Waals surface area contributed by atoms with E-state index in [1.54, 1.807) is 24.3 Å². The molecule has 0 spiro atoms. The third-order valence-electron chi connectivity index (χ3n) is 2.58. The van der Waals surface area contributed by atoms with Gasteiger partial charge in [0, 0.05) is 17.2 Å². The summed E-state index contributed by atoms with van der Waals surface area (Å²) >= 11 is 0. The molecule has 1 aromatic rings. The topological polar surface area (TPSA) is 60.2 Å². The highest BCUT2D eigenvalue weighted by Gasteiger charge is 2.30. The molecule has 3 heteroatoms. The van der Waals surface area contributed by atoms with Crippen molar-refractivity contribution < 1.29 is 9.59 Å². The molecule has 15 heavy (non-hydrogen) atoms. The first-order valence-electron chi connectivity index (χ1n) is 5.08. The zero-order valence-corrected chi connectivity index (χ0v) is 8.40. The second-order valence-corrected chi connectivity index (χ2v) is 3.97. The molecule has 78 valence electrons. The maximum absolute atomic E-state index is 11.7. The van der Waals surface area contributed by atoms with E-state index in [2.05, 4.69) is 0 Å². The summed E-state index contributed by atoms with van der Waals surface area (Å²) in [6.07, 6.45) is 1.92. The van der Waals surface area contributed by atoms with Gasteiger partial charge in [0.1, 0.15) is 5.78 Å². The van der Waals surface area contributed by atoms with Gasteiger partial charge in [0.15, 0.2) is 5.78 Å². The maximum atomic E-state index is 11.7. The van der Waals surface area contributed by atoms with Crippen LogP contribution < -0.4 is 5.73 Å². The second-order valence-electron chi connectivity index (χ2n) is 3.97. The van der Waals surface area contributed by atoms with E-state index in [-0.39, 0.29) is 23.9 Å². The number of anilines is 1. The molecule has 0 radical (unpaired) electrons. The summed E-state index contributed by atoms with van der Waals surface area (Å²) < 4.78 is 0. The van der Waals surface area contributed by atoms with Gasteiger partial charge in [-0.3, -0.25) is 9.59 Å². The Morgan fingerprint density at radius 2 is 2.07 bits per heavy atom. The molecule has 0 atom stereocenters. The van der Waals surface area contributed by atoms with Crippen molar-refractivity contribution in [3.05, 3.63) is 29.8 Å². The third kappa shape index (κ3) is 2.43. The lowest BCUT2D eigenvalue weighted by molar-refractivity contribution is -0.119. The minimum Gasteiger partial charge on any atom is -0.399 e. The van der Waals surface area contributed by atoms with Crippen molar-refractivity contribution in [1.29, 1.82) is 0 Å². The minimum absolute atomic E-state index is 0.0219. The summed E-state index contributed by atoms with van der Waals surface area (Å²) in [5, 5.41) is 0. The summed E-state index contributed by atoms with van der Waals surface area (Å²) in [6, 6.07) is 6.76. The SMILES string of the molecule is Nc1cccc(C(=O)CC(=O)C2CC2)c1. The van der Waals surface area contributed by atoms with Gasteiger partial charge in [-0.25, -0.2) is 0 Å². The Labute approximate surface area is 88.3 Å². The summed E-state index contributed by atoms with van der Waals surface area (Å²) in [6.45, 7) is 0. The van der Waals surface area contributed by atoms with Gasteiger partial charge in [-0.15, -0.1) is 0 Å². The number of rotatable bonds is 4. The number of hydrogen-bond donors (Lipinski definition) is 1. The van der Waals surface area contributed by atoms with Gasteiger partial charge in [-0.1, -0.05) is 12.1 Å². The first-order valence-corrected chi connectivity index (χ1v) is 5.08. The standard InChI is InChI=1S/C12H13NO2/c13-10-3-1-2-9(6-10)12(15)7-11(14)8-4-5-8/h1-3,6,8H,4-5,7,13H2.